The number of hydrogen-bond acceptors (Lipinski definition) is 3. The molecule has 1 heterocycles. The molecule has 0 spiro atoms. The number of ether oxygens (including phenoxy) is 2. The predicted molar refractivity (Wildman–Crippen MR) is 113 cm³/mol. The van der Waals surface area contributed by atoms with Gasteiger partial charge in [0.1, 0.15) is 11.5 Å². The summed E-state index contributed by atoms with van der Waals surface area (Å²) in [6, 6.07) is 26.1. The van der Waals surface area contributed by atoms with Crippen molar-refractivity contribution < 1.29 is 9.47 Å². The first kappa shape index (κ1) is 19.0. The van der Waals surface area contributed by atoms with Gasteiger partial charge in [0.25, 0.3) is 0 Å². The van der Waals surface area contributed by atoms with Crippen LogP contribution in [-0.2, 0) is 11.3 Å². The molecule has 0 radical (unpaired) electrons. The van der Waals surface area contributed by atoms with Crippen molar-refractivity contribution in [3.63, 3.8) is 0 Å². The Morgan fingerprint density at radius 2 is 1.57 bits per heavy atom. The summed E-state index contributed by atoms with van der Waals surface area (Å²) in [6.07, 6.45) is 1.21. The average molecular weight is 394 g/mol. The molecule has 0 aliphatic carbocycles. The number of piperidine rings is 1. The molecule has 4 heteroatoms. The quantitative estimate of drug-likeness (QED) is 0.574. The molecule has 2 unspecified atom stereocenters. The maximum atomic E-state index is 6.29. The van der Waals surface area contributed by atoms with E-state index in [4.69, 9.17) is 21.1 Å². The van der Waals surface area contributed by atoms with Gasteiger partial charge >= 0.3 is 0 Å². The van der Waals surface area contributed by atoms with Crippen LogP contribution in [0.1, 0.15) is 23.5 Å². The highest BCUT2D eigenvalue weighted by Gasteiger charge is 2.27. The third-order valence-corrected chi connectivity index (χ3v) is 5.34. The van der Waals surface area contributed by atoms with E-state index in [2.05, 4.69) is 29.6 Å². The minimum Gasteiger partial charge on any atom is -0.457 e. The van der Waals surface area contributed by atoms with Crippen molar-refractivity contribution in [2.24, 2.45) is 0 Å². The minimum absolute atomic E-state index is 0.148. The summed E-state index contributed by atoms with van der Waals surface area (Å²) in [6.45, 7) is 2.46. The van der Waals surface area contributed by atoms with E-state index in [1.165, 1.54) is 5.56 Å². The Morgan fingerprint density at radius 3 is 2.32 bits per heavy atom. The van der Waals surface area contributed by atoms with E-state index in [1.807, 2.05) is 54.6 Å². The van der Waals surface area contributed by atoms with E-state index in [-0.39, 0.29) is 6.10 Å². The topological polar surface area (TPSA) is 30.5 Å². The number of benzene rings is 3. The molecule has 3 nitrogen and oxygen atoms in total. The molecule has 4 rings (SSSR count). The molecule has 0 aromatic heterocycles. The van der Waals surface area contributed by atoms with Crippen LogP contribution in [0, 0.1) is 0 Å². The molecule has 1 N–H and O–H groups in total. The van der Waals surface area contributed by atoms with Gasteiger partial charge in [0.15, 0.2) is 0 Å². The molecule has 2 atom stereocenters. The standard InChI is InChI=1S/C24H24ClNO2/c25-20-10-8-19(9-11-20)23-14-15-26-16-24(23)27-17-18-6-12-22(13-7-18)28-21-4-2-1-3-5-21/h1-13,23-24,26H,14-17H2. The number of para-hydroxylation sites is 1. The van der Waals surface area contributed by atoms with Crippen molar-refractivity contribution in [1.82, 2.24) is 5.32 Å². The molecule has 1 aliphatic heterocycles. The lowest BCUT2D eigenvalue weighted by molar-refractivity contribution is 0.0106. The van der Waals surface area contributed by atoms with Crippen molar-refractivity contribution >= 4 is 11.6 Å². The van der Waals surface area contributed by atoms with Crippen LogP contribution < -0.4 is 10.1 Å². The highest BCUT2D eigenvalue weighted by molar-refractivity contribution is 6.30. The van der Waals surface area contributed by atoms with Crippen LogP contribution in [0.3, 0.4) is 0 Å². The molecule has 3 aromatic rings. The van der Waals surface area contributed by atoms with Crippen LogP contribution in [0.25, 0.3) is 0 Å². The van der Waals surface area contributed by atoms with Crippen LogP contribution in [0.2, 0.25) is 5.02 Å². The Balaban J connectivity index is 1.36. The van der Waals surface area contributed by atoms with E-state index in [1.54, 1.807) is 0 Å². The summed E-state index contributed by atoms with van der Waals surface area (Å²) >= 11 is 6.04. The van der Waals surface area contributed by atoms with Gasteiger partial charge in [-0.25, -0.2) is 0 Å². The van der Waals surface area contributed by atoms with Gasteiger partial charge in [0, 0.05) is 17.5 Å². The summed E-state index contributed by atoms with van der Waals surface area (Å²) in [7, 11) is 0. The molecule has 1 fully saturated rings. The molecule has 28 heavy (non-hydrogen) atoms. The van der Waals surface area contributed by atoms with Gasteiger partial charge in [-0.3, -0.25) is 0 Å². The van der Waals surface area contributed by atoms with Gasteiger partial charge < -0.3 is 14.8 Å². The van der Waals surface area contributed by atoms with Gasteiger partial charge in [0.05, 0.1) is 12.7 Å². The number of rotatable bonds is 6. The normalized spacial score (nSPS) is 19.3. The zero-order valence-corrected chi connectivity index (χ0v) is 16.4. The van der Waals surface area contributed by atoms with E-state index >= 15 is 0 Å². The fourth-order valence-corrected chi connectivity index (χ4v) is 3.70. The first-order valence-electron chi connectivity index (χ1n) is 9.67. The highest BCUT2D eigenvalue weighted by Crippen LogP contribution is 2.29. The lowest BCUT2D eigenvalue weighted by Gasteiger charge is -2.32. The molecular weight excluding hydrogens is 370 g/mol. The van der Waals surface area contributed by atoms with Crippen molar-refractivity contribution in [2.45, 2.75) is 25.0 Å². The number of hydrogen-bond donors (Lipinski definition) is 1. The number of halogens is 1. The summed E-state index contributed by atoms with van der Waals surface area (Å²) < 4.78 is 12.1. The van der Waals surface area contributed by atoms with Crippen molar-refractivity contribution in [1.29, 1.82) is 0 Å². The summed E-state index contributed by atoms with van der Waals surface area (Å²) in [5, 5.41) is 4.22. The molecule has 144 valence electrons. The highest BCUT2D eigenvalue weighted by atomic mass is 35.5. The zero-order valence-electron chi connectivity index (χ0n) is 15.7. The van der Waals surface area contributed by atoms with Gasteiger partial charge in [-0.05, 0) is 60.5 Å². The third-order valence-electron chi connectivity index (χ3n) is 5.09. The Labute approximate surface area is 171 Å². The fraction of sp³-hybridized carbons (Fsp3) is 0.250. The van der Waals surface area contributed by atoms with Crippen molar-refractivity contribution in [2.75, 3.05) is 13.1 Å². The molecular formula is C24H24ClNO2. The second-order valence-corrected chi connectivity index (χ2v) is 7.50. The van der Waals surface area contributed by atoms with Crippen molar-refractivity contribution in [3.8, 4) is 11.5 Å². The lowest BCUT2D eigenvalue weighted by atomic mass is 9.88. The first-order valence-corrected chi connectivity index (χ1v) is 10.1. The lowest BCUT2D eigenvalue weighted by Crippen LogP contribution is -2.40. The molecule has 0 amide bonds. The summed E-state index contributed by atoms with van der Waals surface area (Å²) in [5.41, 5.74) is 2.43. The van der Waals surface area contributed by atoms with Gasteiger partial charge in [-0.15, -0.1) is 0 Å². The molecule has 0 bridgehead atoms. The van der Waals surface area contributed by atoms with Crippen LogP contribution in [0.5, 0.6) is 11.5 Å². The maximum Gasteiger partial charge on any atom is 0.127 e. The third kappa shape index (κ3) is 4.93. The van der Waals surface area contributed by atoms with Gasteiger partial charge in [0.2, 0.25) is 0 Å². The molecule has 1 aliphatic rings. The van der Waals surface area contributed by atoms with Crippen LogP contribution >= 0.6 is 11.6 Å². The van der Waals surface area contributed by atoms with Crippen LogP contribution in [-0.4, -0.2) is 19.2 Å². The predicted octanol–water partition coefficient (Wildman–Crippen LogP) is 5.79. The smallest absolute Gasteiger partial charge is 0.127 e. The molecule has 3 aromatic carbocycles. The Bertz CT molecular complexity index is 865. The summed E-state index contributed by atoms with van der Waals surface area (Å²) in [4.78, 5) is 0. The average Bonchev–Trinajstić information content (AvgIpc) is 2.75. The van der Waals surface area contributed by atoms with E-state index in [9.17, 15) is 0 Å². The van der Waals surface area contributed by atoms with E-state index < -0.39 is 0 Å². The van der Waals surface area contributed by atoms with Gasteiger partial charge in [-0.2, -0.15) is 0 Å². The van der Waals surface area contributed by atoms with Gasteiger partial charge in [-0.1, -0.05) is 54.1 Å². The maximum absolute atomic E-state index is 6.29. The van der Waals surface area contributed by atoms with Crippen LogP contribution in [0.15, 0.2) is 78.9 Å². The monoisotopic (exact) mass is 393 g/mol. The molecule has 1 saturated heterocycles. The Kier molecular flexibility index (Phi) is 6.27. The fourth-order valence-electron chi connectivity index (χ4n) is 3.58. The van der Waals surface area contributed by atoms with E-state index in [0.29, 0.717) is 12.5 Å². The van der Waals surface area contributed by atoms with E-state index in [0.717, 1.165) is 41.6 Å². The minimum atomic E-state index is 0.148. The van der Waals surface area contributed by atoms with Crippen LogP contribution in [0.4, 0.5) is 0 Å². The SMILES string of the molecule is Clc1ccc(C2CCNCC2OCc2ccc(Oc3ccccc3)cc2)cc1. The largest absolute Gasteiger partial charge is 0.457 e. The second kappa shape index (κ2) is 9.24. The molecule has 0 saturated carbocycles. The van der Waals surface area contributed by atoms with Crippen molar-refractivity contribution in [3.05, 3.63) is 95.0 Å². The second-order valence-electron chi connectivity index (χ2n) is 7.06. The number of nitrogens with one attached hydrogen (secondary N) is 1. The Morgan fingerprint density at radius 1 is 0.857 bits per heavy atom. The zero-order chi connectivity index (χ0) is 19.2. The first-order chi connectivity index (χ1) is 13.8. The summed E-state index contributed by atoms with van der Waals surface area (Å²) in [5.74, 6) is 2.05. The Hall–Kier alpha value is -2.33.